The summed E-state index contributed by atoms with van der Waals surface area (Å²) in [5, 5.41) is 30.7. The first kappa shape index (κ1) is 17.7. The first-order chi connectivity index (χ1) is 11.9. The number of aromatic nitrogens is 3. The van der Waals surface area contributed by atoms with Gasteiger partial charge in [0.2, 0.25) is 0 Å². The highest BCUT2D eigenvalue weighted by atomic mass is 16.6. The first-order valence-corrected chi connectivity index (χ1v) is 7.20. The smallest absolute Gasteiger partial charge is 0.290 e. The van der Waals surface area contributed by atoms with E-state index in [4.69, 9.17) is 5.26 Å². The summed E-state index contributed by atoms with van der Waals surface area (Å²) in [6.45, 7) is 3.23. The first-order valence-electron chi connectivity index (χ1n) is 7.20. The third kappa shape index (κ3) is 3.63. The van der Waals surface area contributed by atoms with Gasteiger partial charge in [0.1, 0.15) is 11.4 Å². The molecule has 0 atom stereocenters. The fraction of sp³-hybridized carbons (Fsp3) is 0.286. The number of nitro groups is 1. The van der Waals surface area contributed by atoms with Crippen molar-refractivity contribution in [3.8, 4) is 6.07 Å². The van der Waals surface area contributed by atoms with Crippen molar-refractivity contribution in [1.82, 2.24) is 20.5 Å². The van der Waals surface area contributed by atoms with Gasteiger partial charge in [-0.25, -0.2) is 0 Å². The molecule has 25 heavy (non-hydrogen) atoms. The summed E-state index contributed by atoms with van der Waals surface area (Å²) >= 11 is 0. The van der Waals surface area contributed by atoms with E-state index in [2.05, 4.69) is 25.8 Å². The van der Waals surface area contributed by atoms with Gasteiger partial charge in [0.25, 0.3) is 17.5 Å². The molecule has 0 saturated carbocycles. The highest BCUT2D eigenvalue weighted by Gasteiger charge is 2.23. The van der Waals surface area contributed by atoms with Crippen molar-refractivity contribution in [2.75, 3.05) is 11.9 Å². The van der Waals surface area contributed by atoms with Crippen molar-refractivity contribution < 1.29 is 14.5 Å². The van der Waals surface area contributed by atoms with E-state index in [0.29, 0.717) is 5.56 Å². The summed E-state index contributed by atoms with van der Waals surface area (Å²) in [5.41, 5.74) is 0.602. The SMILES string of the molecule is Cc1c([N+](=O)[O-])c[nH]c1C(=O)Nc1n[nH]c(C(=O)NCCC#N)c1C. The predicted molar refractivity (Wildman–Crippen MR) is 86.0 cm³/mol. The Bertz CT molecular complexity index is 874. The standard InChI is InChI=1S/C14H15N7O4/c1-7-9(21(24)25)6-17-10(7)14(23)18-12-8(2)11(19-20-12)13(22)16-5-3-4-15/h6,17H,3,5H2,1-2H3,(H,16,22)(H2,18,19,20,23). The molecule has 2 aromatic rings. The van der Waals surface area contributed by atoms with Crippen LogP contribution in [0.4, 0.5) is 11.5 Å². The average Bonchev–Trinajstić information content (AvgIpc) is 3.11. The van der Waals surface area contributed by atoms with Crippen LogP contribution in [0.15, 0.2) is 6.20 Å². The van der Waals surface area contributed by atoms with Crippen LogP contribution in [0, 0.1) is 35.3 Å². The van der Waals surface area contributed by atoms with Crippen LogP contribution in [0.2, 0.25) is 0 Å². The number of H-pyrrole nitrogens is 2. The maximum Gasteiger partial charge on any atom is 0.290 e. The van der Waals surface area contributed by atoms with Gasteiger partial charge in [-0.1, -0.05) is 0 Å². The number of aromatic amines is 2. The van der Waals surface area contributed by atoms with Crippen LogP contribution >= 0.6 is 0 Å². The van der Waals surface area contributed by atoms with Crippen LogP contribution < -0.4 is 10.6 Å². The van der Waals surface area contributed by atoms with Gasteiger partial charge in [0.15, 0.2) is 5.82 Å². The summed E-state index contributed by atoms with van der Waals surface area (Å²) in [7, 11) is 0. The van der Waals surface area contributed by atoms with E-state index < -0.39 is 16.7 Å². The van der Waals surface area contributed by atoms with Gasteiger partial charge < -0.3 is 15.6 Å². The summed E-state index contributed by atoms with van der Waals surface area (Å²) < 4.78 is 0. The Morgan fingerprint density at radius 2 is 2.04 bits per heavy atom. The monoisotopic (exact) mass is 345 g/mol. The molecule has 0 bridgehead atoms. The number of nitrogens with one attached hydrogen (secondary N) is 4. The number of nitrogens with zero attached hydrogens (tertiary/aromatic N) is 3. The number of carbonyl (C=O) groups excluding carboxylic acids is 2. The number of nitriles is 1. The van der Waals surface area contributed by atoms with Crippen molar-refractivity contribution in [1.29, 1.82) is 5.26 Å². The molecule has 0 aliphatic carbocycles. The van der Waals surface area contributed by atoms with Gasteiger partial charge in [-0.3, -0.25) is 24.8 Å². The number of hydrogen-bond acceptors (Lipinski definition) is 6. The Morgan fingerprint density at radius 1 is 1.32 bits per heavy atom. The van der Waals surface area contributed by atoms with Gasteiger partial charge in [-0.15, -0.1) is 0 Å². The lowest BCUT2D eigenvalue weighted by Crippen LogP contribution is -2.25. The zero-order chi connectivity index (χ0) is 18.6. The van der Waals surface area contributed by atoms with Crippen molar-refractivity contribution in [2.24, 2.45) is 0 Å². The molecule has 0 radical (unpaired) electrons. The summed E-state index contributed by atoms with van der Waals surface area (Å²) in [6, 6.07) is 1.90. The number of amides is 2. The van der Waals surface area contributed by atoms with E-state index in [1.807, 2.05) is 6.07 Å². The van der Waals surface area contributed by atoms with Crippen LogP contribution in [-0.4, -0.2) is 38.5 Å². The average molecular weight is 345 g/mol. The molecule has 2 heterocycles. The third-order valence-electron chi connectivity index (χ3n) is 3.53. The fourth-order valence-corrected chi connectivity index (χ4v) is 2.14. The second-order valence-corrected chi connectivity index (χ2v) is 5.12. The molecule has 0 fully saturated rings. The number of carbonyl (C=O) groups is 2. The molecule has 0 spiro atoms. The summed E-state index contributed by atoms with van der Waals surface area (Å²) in [6.07, 6.45) is 1.31. The fourth-order valence-electron chi connectivity index (χ4n) is 2.14. The zero-order valence-corrected chi connectivity index (χ0v) is 13.5. The Kier molecular flexibility index (Phi) is 5.13. The van der Waals surface area contributed by atoms with Crippen molar-refractivity contribution in [3.63, 3.8) is 0 Å². The van der Waals surface area contributed by atoms with Crippen LogP contribution in [0.25, 0.3) is 0 Å². The summed E-state index contributed by atoms with van der Waals surface area (Å²) in [5.74, 6) is -0.934. The molecule has 11 nitrogen and oxygen atoms in total. The molecular formula is C14H15N7O4. The largest absolute Gasteiger partial charge is 0.351 e. The molecule has 2 aromatic heterocycles. The minimum atomic E-state index is -0.614. The van der Waals surface area contributed by atoms with Gasteiger partial charge in [-0.2, -0.15) is 10.4 Å². The molecule has 0 unspecified atom stereocenters. The molecule has 0 saturated heterocycles. The Morgan fingerprint density at radius 3 is 2.64 bits per heavy atom. The Balaban J connectivity index is 2.14. The van der Waals surface area contributed by atoms with Gasteiger partial charge in [-0.05, 0) is 13.8 Å². The third-order valence-corrected chi connectivity index (χ3v) is 3.53. The lowest BCUT2D eigenvalue weighted by atomic mass is 10.2. The van der Waals surface area contributed by atoms with E-state index in [1.165, 1.54) is 6.92 Å². The van der Waals surface area contributed by atoms with E-state index in [9.17, 15) is 19.7 Å². The second kappa shape index (κ2) is 7.26. The van der Waals surface area contributed by atoms with E-state index >= 15 is 0 Å². The highest BCUT2D eigenvalue weighted by Crippen LogP contribution is 2.22. The minimum absolute atomic E-state index is 0.0362. The molecule has 2 rings (SSSR count). The molecule has 11 heteroatoms. The number of rotatable bonds is 6. The summed E-state index contributed by atoms with van der Waals surface area (Å²) in [4.78, 5) is 37.0. The van der Waals surface area contributed by atoms with Gasteiger partial charge in [0, 0.05) is 12.1 Å². The molecule has 130 valence electrons. The van der Waals surface area contributed by atoms with Crippen molar-refractivity contribution >= 4 is 23.3 Å². The van der Waals surface area contributed by atoms with Crippen molar-refractivity contribution in [3.05, 3.63) is 38.8 Å². The van der Waals surface area contributed by atoms with Crippen LogP contribution in [-0.2, 0) is 0 Å². The second-order valence-electron chi connectivity index (χ2n) is 5.12. The van der Waals surface area contributed by atoms with E-state index in [1.54, 1.807) is 6.92 Å². The van der Waals surface area contributed by atoms with E-state index in [0.717, 1.165) is 6.20 Å². The number of hydrogen-bond donors (Lipinski definition) is 4. The van der Waals surface area contributed by atoms with Crippen LogP contribution in [0.5, 0.6) is 0 Å². The quantitative estimate of drug-likeness (QED) is 0.347. The van der Waals surface area contributed by atoms with Crippen LogP contribution in [0.3, 0.4) is 0 Å². The molecule has 0 aliphatic rings. The molecular weight excluding hydrogens is 330 g/mol. The molecule has 0 aliphatic heterocycles. The van der Waals surface area contributed by atoms with Gasteiger partial charge >= 0.3 is 0 Å². The normalized spacial score (nSPS) is 10.1. The topological polar surface area (TPSA) is 170 Å². The number of anilines is 1. The minimum Gasteiger partial charge on any atom is -0.351 e. The van der Waals surface area contributed by atoms with Gasteiger partial charge in [0.05, 0.1) is 29.2 Å². The van der Waals surface area contributed by atoms with E-state index in [-0.39, 0.29) is 41.4 Å². The molecule has 4 N–H and O–H groups in total. The van der Waals surface area contributed by atoms with Crippen LogP contribution in [0.1, 0.15) is 38.5 Å². The predicted octanol–water partition coefficient (Wildman–Crippen LogP) is 1.16. The highest BCUT2D eigenvalue weighted by molar-refractivity contribution is 6.05. The van der Waals surface area contributed by atoms with Crippen molar-refractivity contribution in [2.45, 2.75) is 20.3 Å². The molecule has 0 aromatic carbocycles. The maximum absolute atomic E-state index is 12.3. The lowest BCUT2D eigenvalue weighted by Gasteiger charge is -2.03. The molecule has 2 amide bonds. The maximum atomic E-state index is 12.3. The lowest BCUT2D eigenvalue weighted by molar-refractivity contribution is -0.385. The Labute approximate surface area is 141 Å². The Hall–Kier alpha value is -3.68. The zero-order valence-electron chi connectivity index (χ0n) is 13.5.